The molecule has 1 fully saturated rings. The molecule has 0 aliphatic carbocycles. The molecule has 0 bridgehead atoms. The molecule has 0 radical (unpaired) electrons. The van der Waals surface area contributed by atoms with Gasteiger partial charge >= 0.3 is 0 Å². The van der Waals surface area contributed by atoms with Crippen molar-refractivity contribution in [2.75, 3.05) is 19.7 Å². The number of morpholine rings is 1. The molecule has 0 aromatic heterocycles. The number of hydrogen-bond acceptors (Lipinski definition) is 3. The van der Waals surface area contributed by atoms with Crippen LogP contribution in [0.4, 0.5) is 4.39 Å². The highest BCUT2D eigenvalue weighted by Crippen LogP contribution is 2.23. The summed E-state index contributed by atoms with van der Waals surface area (Å²) in [4.78, 5) is 26.2. The molecule has 1 atom stereocenters. The Labute approximate surface area is 146 Å². The third kappa shape index (κ3) is 4.51. The molecule has 1 heterocycles. The van der Waals surface area contributed by atoms with Gasteiger partial charge in [0.1, 0.15) is 11.9 Å². The zero-order chi connectivity index (χ0) is 17.6. The first-order valence-corrected chi connectivity index (χ1v) is 8.36. The summed E-state index contributed by atoms with van der Waals surface area (Å²) in [5.74, 6) is -0.434. The molecule has 2 aromatic carbocycles. The van der Waals surface area contributed by atoms with E-state index >= 15 is 0 Å². The Bertz CT molecular complexity index is 748. The molecule has 0 spiro atoms. The van der Waals surface area contributed by atoms with Crippen LogP contribution in [0, 0.1) is 5.82 Å². The van der Waals surface area contributed by atoms with Crippen LogP contribution in [0.25, 0.3) is 0 Å². The predicted molar refractivity (Wildman–Crippen MR) is 91.7 cm³/mol. The number of carbonyl (C=O) groups excluding carboxylic acids is 2. The second-order valence-electron chi connectivity index (χ2n) is 6.04. The van der Waals surface area contributed by atoms with Crippen LogP contribution in [0.15, 0.2) is 54.6 Å². The lowest BCUT2D eigenvalue weighted by atomic mass is 10.1. The molecular formula is C20H20FNO3. The summed E-state index contributed by atoms with van der Waals surface area (Å²) in [6.07, 6.45) is 0.0206. The summed E-state index contributed by atoms with van der Waals surface area (Å²) < 4.78 is 19.0. The predicted octanol–water partition coefficient (Wildman–Crippen LogP) is 3.39. The van der Waals surface area contributed by atoms with Crippen LogP contribution in [0.3, 0.4) is 0 Å². The maximum atomic E-state index is 13.4. The molecular weight excluding hydrogens is 321 g/mol. The van der Waals surface area contributed by atoms with Gasteiger partial charge in [-0.3, -0.25) is 9.59 Å². The van der Waals surface area contributed by atoms with Crippen molar-refractivity contribution in [1.29, 1.82) is 0 Å². The maximum Gasteiger partial charge on any atom is 0.223 e. The second-order valence-corrected chi connectivity index (χ2v) is 6.04. The Hall–Kier alpha value is -2.53. The maximum absolute atomic E-state index is 13.4. The van der Waals surface area contributed by atoms with Crippen LogP contribution < -0.4 is 0 Å². The van der Waals surface area contributed by atoms with Gasteiger partial charge in [0.2, 0.25) is 5.91 Å². The molecule has 130 valence electrons. The van der Waals surface area contributed by atoms with E-state index in [0.29, 0.717) is 25.3 Å². The number of rotatable bonds is 5. The van der Waals surface area contributed by atoms with Crippen LogP contribution in [-0.4, -0.2) is 36.3 Å². The van der Waals surface area contributed by atoms with Gasteiger partial charge < -0.3 is 9.64 Å². The van der Waals surface area contributed by atoms with Gasteiger partial charge in [-0.1, -0.05) is 42.5 Å². The summed E-state index contributed by atoms with van der Waals surface area (Å²) in [7, 11) is 0. The van der Waals surface area contributed by atoms with Crippen molar-refractivity contribution in [2.24, 2.45) is 0 Å². The van der Waals surface area contributed by atoms with Crippen LogP contribution in [0.5, 0.6) is 0 Å². The Kier molecular flexibility index (Phi) is 5.56. The third-order valence-electron chi connectivity index (χ3n) is 4.30. The number of ether oxygens (including phenoxy) is 1. The first-order chi connectivity index (χ1) is 12.1. The van der Waals surface area contributed by atoms with Crippen LogP contribution in [0.1, 0.15) is 34.9 Å². The van der Waals surface area contributed by atoms with Gasteiger partial charge in [0, 0.05) is 24.9 Å². The van der Waals surface area contributed by atoms with Crippen molar-refractivity contribution in [3.63, 3.8) is 0 Å². The molecule has 5 heteroatoms. The van der Waals surface area contributed by atoms with Gasteiger partial charge in [0.25, 0.3) is 0 Å². The minimum absolute atomic E-state index is 0.0381. The zero-order valence-electron chi connectivity index (χ0n) is 13.9. The van der Waals surface area contributed by atoms with E-state index in [0.717, 1.165) is 5.56 Å². The van der Waals surface area contributed by atoms with Gasteiger partial charge in [-0.15, -0.1) is 0 Å². The number of benzene rings is 2. The fraction of sp³-hybridized carbons (Fsp3) is 0.300. The molecule has 4 nitrogen and oxygen atoms in total. The summed E-state index contributed by atoms with van der Waals surface area (Å²) in [6.45, 7) is 1.27. The van der Waals surface area contributed by atoms with E-state index < -0.39 is 0 Å². The van der Waals surface area contributed by atoms with E-state index in [1.165, 1.54) is 12.1 Å². The summed E-state index contributed by atoms with van der Waals surface area (Å²) in [5.41, 5.74) is 1.34. The van der Waals surface area contributed by atoms with E-state index in [-0.39, 0.29) is 36.5 Å². The molecule has 2 aromatic rings. The SMILES string of the molecule is O=C(CCC(=O)N1CCO[C@H](c2cccc(F)c2)C1)c1ccccc1. The van der Waals surface area contributed by atoms with Crippen LogP contribution >= 0.6 is 0 Å². The summed E-state index contributed by atoms with van der Waals surface area (Å²) in [5, 5.41) is 0. The molecule has 1 saturated heterocycles. The molecule has 0 N–H and O–H groups in total. The fourth-order valence-corrected chi connectivity index (χ4v) is 2.93. The standard InChI is InChI=1S/C20H20FNO3/c21-17-8-4-7-16(13-17)19-14-22(11-12-25-19)20(24)10-9-18(23)15-5-2-1-3-6-15/h1-8,13,19H,9-12,14H2/t19-/m0/s1. The molecule has 1 aliphatic heterocycles. The summed E-state index contributed by atoms with van der Waals surface area (Å²) >= 11 is 0. The number of ketones is 1. The Balaban J connectivity index is 1.56. The van der Waals surface area contributed by atoms with Crippen molar-refractivity contribution in [2.45, 2.75) is 18.9 Å². The Morgan fingerprint density at radius 2 is 1.88 bits per heavy atom. The lowest BCUT2D eigenvalue weighted by molar-refractivity contribution is -0.139. The zero-order valence-corrected chi connectivity index (χ0v) is 13.9. The number of amides is 1. The smallest absolute Gasteiger partial charge is 0.223 e. The highest BCUT2D eigenvalue weighted by molar-refractivity contribution is 5.97. The lowest BCUT2D eigenvalue weighted by Crippen LogP contribution is -2.42. The average molecular weight is 341 g/mol. The highest BCUT2D eigenvalue weighted by atomic mass is 19.1. The minimum Gasteiger partial charge on any atom is -0.370 e. The highest BCUT2D eigenvalue weighted by Gasteiger charge is 2.25. The number of nitrogens with zero attached hydrogens (tertiary/aromatic N) is 1. The Morgan fingerprint density at radius 1 is 1.08 bits per heavy atom. The van der Waals surface area contributed by atoms with E-state index in [2.05, 4.69) is 0 Å². The summed E-state index contributed by atoms with van der Waals surface area (Å²) in [6, 6.07) is 15.2. The second kappa shape index (κ2) is 8.03. The third-order valence-corrected chi connectivity index (χ3v) is 4.30. The molecule has 0 saturated carbocycles. The van der Waals surface area contributed by atoms with E-state index in [4.69, 9.17) is 4.74 Å². The van der Waals surface area contributed by atoms with Gasteiger partial charge in [-0.25, -0.2) is 4.39 Å². The van der Waals surface area contributed by atoms with Crippen molar-refractivity contribution in [1.82, 2.24) is 4.90 Å². The van der Waals surface area contributed by atoms with E-state index in [9.17, 15) is 14.0 Å². The normalized spacial score (nSPS) is 17.3. The van der Waals surface area contributed by atoms with E-state index in [1.807, 2.05) is 6.07 Å². The molecule has 25 heavy (non-hydrogen) atoms. The molecule has 3 rings (SSSR count). The number of hydrogen-bond donors (Lipinski definition) is 0. The number of Topliss-reactive ketones (excluding diaryl/α,β-unsaturated/α-hetero) is 1. The Morgan fingerprint density at radius 3 is 2.64 bits per heavy atom. The van der Waals surface area contributed by atoms with Gasteiger partial charge in [0.05, 0.1) is 13.2 Å². The quantitative estimate of drug-likeness (QED) is 0.783. The van der Waals surface area contributed by atoms with Crippen LogP contribution in [-0.2, 0) is 9.53 Å². The van der Waals surface area contributed by atoms with Crippen molar-refractivity contribution in [3.05, 3.63) is 71.5 Å². The van der Waals surface area contributed by atoms with Crippen molar-refractivity contribution < 1.29 is 18.7 Å². The largest absolute Gasteiger partial charge is 0.370 e. The first-order valence-electron chi connectivity index (χ1n) is 8.36. The van der Waals surface area contributed by atoms with Crippen LogP contribution in [0.2, 0.25) is 0 Å². The molecule has 1 amide bonds. The molecule has 0 unspecified atom stereocenters. The number of halogens is 1. The monoisotopic (exact) mass is 341 g/mol. The first kappa shape index (κ1) is 17.3. The van der Waals surface area contributed by atoms with Gasteiger partial charge in [0.15, 0.2) is 5.78 Å². The lowest BCUT2D eigenvalue weighted by Gasteiger charge is -2.33. The van der Waals surface area contributed by atoms with Gasteiger partial charge in [-0.2, -0.15) is 0 Å². The van der Waals surface area contributed by atoms with Crippen molar-refractivity contribution in [3.8, 4) is 0 Å². The van der Waals surface area contributed by atoms with E-state index in [1.54, 1.807) is 41.3 Å². The number of carbonyl (C=O) groups is 2. The fourth-order valence-electron chi connectivity index (χ4n) is 2.93. The molecule has 1 aliphatic rings. The minimum atomic E-state index is -0.335. The van der Waals surface area contributed by atoms with Crippen molar-refractivity contribution >= 4 is 11.7 Å². The topological polar surface area (TPSA) is 46.6 Å². The van der Waals surface area contributed by atoms with Gasteiger partial charge in [-0.05, 0) is 17.7 Å². The average Bonchev–Trinajstić information content (AvgIpc) is 2.66.